The highest BCUT2D eigenvalue weighted by Crippen LogP contribution is 2.34. The summed E-state index contributed by atoms with van der Waals surface area (Å²) in [6.07, 6.45) is 0. The van der Waals surface area contributed by atoms with Gasteiger partial charge < -0.3 is 19.1 Å². The predicted molar refractivity (Wildman–Crippen MR) is 80.5 cm³/mol. The number of hydrogen-bond donors (Lipinski definition) is 0. The van der Waals surface area contributed by atoms with E-state index in [0.29, 0.717) is 10.7 Å². The maximum Gasteiger partial charge on any atom is 0.355 e. The van der Waals surface area contributed by atoms with Gasteiger partial charge in [0.2, 0.25) is 0 Å². The third-order valence-electron chi connectivity index (χ3n) is 3.29. The Bertz CT molecular complexity index is 621. The Hall–Kier alpha value is -2.05. The van der Waals surface area contributed by atoms with Crippen LogP contribution in [0.5, 0.6) is 0 Å². The van der Waals surface area contributed by atoms with Crippen molar-refractivity contribution < 1.29 is 23.8 Å². The van der Waals surface area contributed by atoms with Gasteiger partial charge in [0.25, 0.3) is 0 Å². The first-order valence-corrected chi connectivity index (χ1v) is 6.89. The van der Waals surface area contributed by atoms with E-state index in [1.807, 2.05) is 13.0 Å². The van der Waals surface area contributed by atoms with E-state index >= 15 is 0 Å². The molecule has 1 aromatic carbocycles. The summed E-state index contributed by atoms with van der Waals surface area (Å²) >= 11 is 6.25. The number of nitrogens with zero attached hydrogens (tertiary/aromatic N) is 1. The molecule has 7 heteroatoms. The SMILES string of the molecule is COC(=O)C1=C(C(=O)OC)N(c2c(C)cccc2Cl)COC1. The molecule has 118 valence electrons. The first kappa shape index (κ1) is 16.3. The van der Waals surface area contributed by atoms with E-state index in [9.17, 15) is 9.59 Å². The van der Waals surface area contributed by atoms with Gasteiger partial charge in [0.05, 0.1) is 37.1 Å². The van der Waals surface area contributed by atoms with Crippen molar-refractivity contribution in [1.29, 1.82) is 0 Å². The third kappa shape index (κ3) is 2.93. The lowest BCUT2D eigenvalue weighted by molar-refractivity contribution is -0.140. The van der Waals surface area contributed by atoms with Gasteiger partial charge in [-0.2, -0.15) is 0 Å². The largest absolute Gasteiger partial charge is 0.466 e. The van der Waals surface area contributed by atoms with Crippen molar-refractivity contribution >= 4 is 29.2 Å². The summed E-state index contributed by atoms with van der Waals surface area (Å²) < 4.78 is 14.9. The second-order valence-electron chi connectivity index (χ2n) is 4.62. The highest BCUT2D eigenvalue weighted by Gasteiger charge is 2.33. The number of anilines is 1. The van der Waals surface area contributed by atoms with Crippen molar-refractivity contribution in [3.8, 4) is 0 Å². The van der Waals surface area contributed by atoms with Crippen LogP contribution in [0.4, 0.5) is 5.69 Å². The molecule has 0 aromatic heterocycles. The molecule has 0 amide bonds. The summed E-state index contributed by atoms with van der Waals surface area (Å²) in [6, 6.07) is 5.35. The molecule has 22 heavy (non-hydrogen) atoms. The molecule has 0 fully saturated rings. The van der Waals surface area contributed by atoms with Crippen LogP contribution in [-0.2, 0) is 23.8 Å². The standard InChI is InChI=1S/C15H16ClNO5/c1-9-5-4-6-11(16)12(9)17-8-22-7-10(14(18)20-2)13(17)15(19)21-3/h4-6H,7-8H2,1-3H3. The van der Waals surface area contributed by atoms with Crippen LogP contribution >= 0.6 is 11.6 Å². The maximum absolute atomic E-state index is 12.2. The Morgan fingerprint density at radius 3 is 2.50 bits per heavy atom. The van der Waals surface area contributed by atoms with Gasteiger partial charge in [-0.15, -0.1) is 0 Å². The Kier molecular flexibility index (Phi) is 5.05. The number of ether oxygens (including phenoxy) is 3. The number of rotatable bonds is 3. The van der Waals surface area contributed by atoms with Crippen LogP contribution in [-0.4, -0.2) is 39.5 Å². The van der Waals surface area contributed by atoms with E-state index in [1.165, 1.54) is 19.1 Å². The smallest absolute Gasteiger partial charge is 0.355 e. The molecular weight excluding hydrogens is 310 g/mol. The van der Waals surface area contributed by atoms with Crippen LogP contribution < -0.4 is 4.90 Å². The fourth-order valence-electron chi connectivity index (χ4n) is 2.28. The Balaban J connectivity index is 2.63. The minimum Gasteiger partial charge on any atom is -0.466 e. The van der Waals surface area contributed by atoms with Crippen molar-refractivity contribution in [2.24, 2.45) is 0 Å². The number of carbonyl (C=O) groups excluding carboxylic acids is 2. The molecule has 0 spiro atoms. The lowest BCUT2D eigenvalue weighted by Gasteiger charge is -2.32. The molecule has 1 heterocycles. The quantitative estimate of drug-likeness (QED) is 0.792. The van der Waals surface area contributed by atoms with E-state index in [-0.39, 0.29) is 24.6 Å². The number of halogens is 1. The maximum atomic E-state index is 12.2. The highest BCUT2D eigenvalue weighted by molar-refractivity contribution is 6.33. The Morgan fingerprint density at radius 1 is 1.23 bits per heavy atom. The molecule has 1 aliphatic rings. The first-order valence-electron chi connectivity index (χ1n) is 6.51. The summed E-state index contributed by atoms with van der Waals surface area (Å²) in [5, 5.41) is 0.441. The van der Waals surface area contributed by atoms with E-state index in [1.54, 1.807) is 12.1 Å². The molecule has 6 nitrogen and oxygen atoms in total. The molecule has 0 atom stereocenters. The Morgan fingerprint density at radius 2 is 1.91 bits per heavy atom. The molecule has 0 aliphatic carbocycles. The number of para-hydroxylation sites is 1. The number of methoxy groups -OCH3 is 2. The highest BCUT2D eigenvalue weighted by atomic mass is 35.5. The second kappa shape index (κ2) is 6.81. The molecule has 1 aliphatic heterocycles. The van der Waals surface area contributed by atoms with Crippen LogP contribution in [0.25, 0.3) is 0 Å². The zero-order chi connectivity index (χ0) is 16.3. The topological polar surface area (TPSA) is 65.1 Å². The molecule has 0 radical (unpaired) electrons. The summed E-state index contributed by atoms with van der Waals surface area (Å²) in [6.45, 7) is 1.90. The van der Waals surface area contributed by atoms with E-state index in [2.05, 4.69) is 0 Å². The van der Waals surface area contributed by atoms with Crippen molar-refractivity contribution in [2.45, 2.75) is 6.92 Å². The molecular formula is C15H16ClNO5. The molecule has 1 aromatic rings. The lowest BCUT2D eigenvalue weighted by atomic mass is 10.1. The van der Waals surface area contributed by atoms with Gasteiger partial charge in [-0.25, -0.2) is 9.59 Å². The average Bonchev–Trinajstić information content (AvgIpc) is 2.53. The van der Waals surface area contributed by atoms with Crippen molar-refractivity contribution in [3.05, 3.63) is 40.1 Å². The van der Waals surface area contributed by atoms with Gasteiger partial charge in [-0.05, 0) is 18.6 Å². The minimum atomic E-state index is -0.650. The van der Waals surface area contributed by atoms with Gasteiger partial charge in [0.1, 0.15) is 12.4 Å². The molecule has 0 saturated carbocycles. The number of esters is 2. The predicted octanol–water partition coefficient (Wildman–Crippen LogP) is 2.04. The van der Waals surface area contributed by atoms with Crippen molar-refractivity contribution in [1.82, 2.24) is 0 Å². The fraction of sp³-hybridized carbons (Fsp3) is 0.333. The number of carbonyl (C=O) groups is 2. The zero-order valence-electron chi connectivity index (χ0n) is 12.5. The number of hydrogen-bond acceptors (Lipinski definition) is 6. The monoisotopic (exact) mass is 325 g/mol. The van der Waals surface area contributed by atoms with Crippen LogP contribution in [0.2, 0.25) is 5.02 Å². The summed E-state index contributed by atoms with van der Waals surface area (Å²) in [7, 11) is 2.49. The lowest BCUT2D eigenvalue weighted by Crippen LogP contribution is -2.39. The van der Waals surface area contributed by atoms with Crippen molar-refractivity contribution in [3.63, 3.8) is 0 Å². The van der Waals surface area contributed by atoms with Crippen LogP contribution in [0, 0.1) is 6.92 Å². The average molecular weight is 326 g/mol. The molecule has 0 unspecified atom stereocenters. The number of benzene rings is 1. The van der Waals surface area contributed by atoms with Gasteiger partial charge in [0.15, 0.2) is 0 Å². The number of aryl methyl sites for hydroxylation is 1. The zero-order valence-corrected chi connectivity index (χ0v) is 13.3. The molecule has 0 N–H and O–H groups in total. The second-order valence-corrected chi connectivity index (χ2v) is 5.03. The van der Waals surface area contributed by atoms with E-state index in [4.69, 9.17) is 25.8 Å². The minimum absolute atomic E-state index is 0.0306. The molecule has 0 bridgehead atoms. The van der Waals surface area contributed by atoms with E-state index in [0.717, 1.165) is 5.56 Å². The summed E-state index contributed by atoms with van der Waals surface area (Å²) in [5.74, 6) is -1.29. The molecule has 2 rings (SSSR count). The van der Waals surface area contributed by atoms with Crippen molar-refractivity contribution in [2.75, 3.05) is 32.5 Å². The third-order valence-corrected chi connectivity index (χ3v) is 3.60. The summed E-state index contributed by atoms with van der Waals surface area (Å²) in [4.78, 5) is 25.6. The van der Waals surface area contributed by atoms with E-state index < -0.39 is 11.9 Å². The van der Waals surface area contributed by atoms with Crippen LogP contribution in [0.3, 0.4) is 0 Å². The fourth-order valence-corrected chi connectivity index (χ4v) is 2.61. The first-order chi connectivity index (χ1) is 10.5. The van der Waals surface area contributed by atoms with Gasteiger partial charge >= 0.3 is 11.9 Å². The Labute approximate surface area is 133 Å². The molecule has 0 saturated heterocycles. The van der Waals surface area contributed by atoms with Gasteiger partial charge in [-0.3, -0.25) is 0 Å². The van der Waals surface area contributed by atoms with Crippen LogP contribution in [0.1, 0.15) is 5.56 Å². The van der Waals surface area contributed by atoms with Gasteiger partial charge in [0, 0.05) is 0 Å². The summed E-state index contributed by atoms with van der Waals surface area (Å²) in [5.41, 5.74) is 1.60. The van der Waals surface area contributed by atoms with Crippen LogP contribution in [0.15, 0.2) is 29.5 Å². The van der Waals surface area contributed by atoms with Gasteiger partial charge in [-0.1, -0.05) is 23.7 Å². The normalized spacial score (nSPS) is 14.8.